The summed E-state index contributed by atoms with van der Waals surface area (Å²) in [7, 11) is 0. The Morgan fingerprint density at radius 2 is 2.00 bits per heavy atom. The van der Waals surface area contributed by atoms with E-state index in [4.69, 9.17) is 11.6 Å². The van der Waals surface area contributed by atoms with Crippen molar-refractivity contribution in [3.63, 3.8) is 0 Å². The first kappa shape index (κ1) is 15.3. The van der Waals surface area contributed by atoms with Crippen molar-refractivity contribution in [2.24, 2.45) is 5.10 Å². The summed E-state index contributed by atoms with van der Waals surface area (Å²) in [6, 6.07) is 13.3. The Bertz CT molecular complexity index is 912. The number of aryl methyl sites for hydroxylation is 2. The molecule has 0 aliphatic heterocycles. The fraction of sp³-hybridized carbons (Fsp3) is 0.111. The van der Waals surface area contributed by atoms with Gasteiger partial charge in [0.2, 0.25) is 0 Å². The van der Waals surface area contributed by atoms with Gasteiger partial charge in [-0.3, -0.25) is 4.79 Å². The first-order valence-electron chi connectivity index (χ1n) is 7.23. The molecule has 1 aromatic heterocycles. The third-order valence-corrected chi connectivity index (χ3v) is 4.04. The Balaban J connectivity index is 1.81. The molecule has 0 spiro atoms. The van der Waals surface area contributed by atoms with Gasteiger partial charge in [-0.1, -0.05) is 35.9 Å². The minimum Gasteiger partial charge on any atom is -0.350 e. The predicted octanol–water partition coefficient (Wildman–Crippen LogP) is 4.20. The van der Waals surface area contributed by atoms with E-state index in [1.807, 2.05) is 50.2 Å². The fourth-order valence-electron chi connectivity index (χ4n) is 2.47. The van der Waals surface area contributed by atoms with E-state index in [0.717, 1.165) is 27.6 Å². The summed E-state index contributed by atoms with van der Waals surface area (Å²) in [4.78, 5) is 15.4. The van der Waals surface area contributed by atoms with Crippen molar-refractivity contribution in [3.05, 3.63) is 69.9 Å². The molecule has 0 saturated heterocycles. The Hall–Kier alpha value is -2.59. The van der Waals surface area contributed by atoms with Crippen molar-refractivity contribution >= 4 is 34.6 Å². The molecule has 0 aliphatic carbocycles. The van der Waals surface area contributed by atoms with Crippen molar-refractivity contribution in [2.45, 2.75) is 13.8 Å². The molecule has 2 aromatic carbocycles. The van der Waals surface area contributed by atoms with Gasteiger partial charge in [0.25, 0.3) is 5.91 Å². The van der Waals surface area contributed by atoms with Crippen LogP contribution in [0.2, 0.25) is 5.02 Å². The minimum atomic E-state index is -0.278. The van der Waals surface area contributed by atoms with E-state index in [9.17, 15) is 4.79 Å². The molecular formula is C18H16ClN3O. The Kier molecular flexibility index (Phi) is 4.17. The highest BCUT2D eigenvalue weighted by atomic mass is 35.5. The number of hydrogen-bond donors (Lipinski definition) is 2. The van der Waals surface area contributed by atoms with Crippen molar-refractivity contribution in [1.29, 1.82) is 0 Å². The van der Waals surface area contributed by atoms with Gasteiger partial charge < -0.3 is 4.98 Å². The van der Waals surface area contributed by atoms with Crippen molar-refractivity contribution in [2.75, 3.05) is 0 Å². The molecule has 0 unspecified atom stereocenters. The molecular weight excluding hydrogens is 310 g/mol. The number of halogens is 1. The SMILES string of the molecule is Cc1ccccc1/C=N/NC(=O)c1[nH]c2ccc(Cl)cc2c1C. The Morgan fingerprint density at radius 3 is 2.78 bits per heavy atom. The number of amides is 1. The number of carbonyl (C=O) groups is 1. The van der Waals surface area contributed by atoms with Crippen LogP contribution >= 0.6 is 11.6 Å². The summed E-state index contributed by atoms with van der Waals surface area (Å²) in [5.74, 6) is -0.278. The lowest BCUT2D eigenvalue weighted by molar-refractivity contribution is 0.0950. The van der Waals surface area contributed by atoms with Crippen molar-refractivity contribution < 1.29 is 4.79 Å². The van der Waals surface area contributed by atoms with Crippen LogP contribution in [0, 0.1) is 13.8 Å². The van der Waals surface area contributed by atoms with Gasteiger partial charge in [-0.15, -0.1) is 0 Å². The number of aromatic amines is 1. The van der Waals surface area contributed by atoms with E-state index in [1.54, 1.807) is 12.3 Å². The van der Waals surface area contributed by atoms with E-state index in [1.165, 1.54) is 0 Å². The van der Waals surface area contributed by atoms with Gasteiger partial charge in [-0.25, -0.2) is 5.43 Å². The summed E-state index contributed by atoms with van der Waals surface area (Å²) in [5.41, 5.74) is 6.84. The van der Waals surface area contributed by atoms with Crippen LogP contribution in [0.4, 0.5) is 0 Å². The minimum absolute atomic E-state index is 0.278. The summed E-state index contributed by atoms with van der Waals surface area (Å²) >= 11 is 6.01. The first-order chi connectivity index (χ1) is 11.1. The third kappa shape index (κ3) is 3.12. The highest BCUT2D eigenvalue weighted by Gasteiger charge is 2.14. The molecule has 0 radical (unpaired) electrons. The largest absolute Gasteiger partial charge is 0.350 e. The first-order valence-corrected chi connectivity index (χ1v) is 7.61. The van der Waals surface area contributed by atoms with Crippen molar-refractivity contribution in [1.82, 2.24) is 10.4 Å². The van der Waals surface area contributed by atoms with Crippen LogP contribution < -0.4 is 5.43 Å². The van der Waals surface area contributed by atoms with Crippen LogP contribution in [0.3, 0.4) is 0 Å². The van der Waals surface area contributed by atoms with Gasteiger partial charge in [0.15, 0.2) is 0 Å². The van der Waals surface area contributed by atoms with E-state index in [0.29, 0.717) is 10.7 Å². The molecule has 0 fully saturated rings. The smallest absolute Gasteiger partial charge is 0.288 e. The van der Waals surface area contributed by atoms with E-state index in [2.05, 4.69) is 15.5 Å². The second-order valence-corrected chi connectivity index (χ2v) is 5.81. The number of fused-ring (bicyclic) bond motifs is 1. The summed E-state index contributed by atoms with van der Waals surface area (Å²) in [6.45, 7) is 3.88. The average Bonchev–Trinajstić information content (AvgIpc) is 2.86. The molecule has 0 saturated carbocycles. The maximum Gasteiger partial charge on any atom is 0.288 e. The number of benzene rings is 2. The number of aromatic nitrogens is 1. The second-order valence-electron chi connectivity index (χ2n) is 5.37. The molecule has 1 amide bonds. The zero-order valence-corrected chi connectivity index (χ0v) is 13.6. The summed E-state index contributed by atoms with van der Waals surface area (Å²) < 4.78 is 0. The number of rotatable bonds is 3. The highest BCUT2D eigenvalue weighted by molar-refractivity contribution is 6.31. The lowest BCUT2D eigenvalue weighted by Gasteiger charge is -2.00. The average molecular weight is 326 g/mol. The van der Waals surface area contributed by atoms with Gasteiger partial charge in [0, 0.05) is 15.9 Å². The second kappa shape index (κ2) is 6.26. The van der Waals surface area contributed by atoms with E-state index < -0.39 is 0 Å². The zero-order chi connectivity index (χ0) is 16.4. The van der Waals surface area contributed by atoms with Crippen LogP contribution in [0.5, 0.6) is 0 Å². The molecule has 4 nitrogen and oxygen atoms in total. The third-order valence-electron chi connectivity index (χ3n) is 3.81. The van der Waals surface area contributed by atoms with E-state index >= 15 is 0 Å². The number of carbonyl (C=O) groups excluding carboxylic acids is 1. The summed E-state index contributed by atoms with van der Waals surface area (Å²) in [5, 5.41) is 5.62. The van der Waals surface area contributed by atoms with Gasteiger partial charge in [0.05, 0.1) is 6.21 Å². The van der Waals surface area contributed by atoms with Crippen molar-refractivity contribution in [3.8, 4) is 0 Å². The quantitative estimate of drug-likeness (QED) is 0.550. The molecule has 3 rings (SSSR count). The molecule has 0 atom stereocenters. The molecule has 1 heterocycles. The highest BCUT2D eigenvalue weighted by Crippen LogP contribution is 2.24. The monoisotopic (exact) mass is 325 g/mol. The molecule has 0 aliphatic rings. The standard InChI is InChI=1S/C18H16ClN3O/c1-11-5-3-4-6-13(11)10-20-22-18(23)17-12(2)15-9-14(19)7-8-16(15)21-17/h3-10,21H,1-2H3,(H,22,23)/b20-10+. The maximum absolute atomic E-state index is 12.3. The molecule has 116 valence electrons. The van der Waals surface area contributed by atoms with Crippen LogP contribution in [0.1, 0.15) is 27.2 Å². The van der Waals surface area contributed by atoms with Gasteiger partial charge >= 0.3 is 0 Å². The molecule has 0 bridgehead atoms. The van der Waals surface area contributed by atoms with Gasteiger partial charge in [-0.2, -0.15) is 5.10 Å². The van der Waals surface area contributed by atoms with Gasteiger partial charge in [0.1, 0.15) is 5.69 Å². The molecule has 3 aromatic rings. The Morgan fingerprint density at radius 1 is 1.22 bits per heavy atom. The fourth-order valence-corrected chi connectivity index (χ4v) is 2.65. The number of hydrogen-bond acceptors (Lipinski definition) is 2. The number of nitrogens with one attached hydrogen (secondary N) is 2. The van der Waals surface area contributed by atoms with Gasteiger partial charge in [-0.05, 0) is 48.7 Å². The zero-order valence-electron chi connectivity index (χ0n) is 12.9. The number of hydrazone groups is 1. The predicted molar refractivity (Wildman–Crippen MR) is 94.3 cm³/mol. The summed E-state index contributed by atoms with van der Waals surface area (Å²) in [6.07, 6.45) is 1.64. The molecule has 23 heavy (non-hydrogen) atoms. The molecule has 5 heteroatoms. The normalized spacial score (nSPS) is 11.3. The maximum atomic E-state index is 12.3. The van der Waals surface area contributed by atoms with Crippen LogP contribution in [0.15, 0.2) is 47.6 Å². The lowest BCUT2D eigenvalue weighted by Crippen LogP contribution is -2.19. The van der Waals surface area contributed by atoms with Crippen LogP contribution in [-0.4, -0.2) is 17.1 Å². The van der Waals surface area contributed by atoms with Crippen LogP contribution in [-0.2, 0) is 0 Å². The Labute approximate surface area is 139 Å². The van der Waals surface area contributed by atoms with Crippen LogP contribution in [0.25, 0.3) is 10.9 Å². The lowest BCUT2D eigenvalue weighted by atomic mass is 10.1. The topological polar surface area (TPSA) is 57.2 Å². The number of nitrogens with zero attached hydrogens (tertiary/aromatic N) is 1. The van der Waals surface area contributed by atoms with E-state index in [-0.39, 0.29) is 5.91 Å². The molecule has 2 N–H and O–H groups in total. The number of H-pyrrole nitrogens is 1.